The number of carbonyl (C=O) groups excluding carboxylic acids is 1. The van der Waals surface area contributed by atoms with Gasteiger partial charge in [-0.2, -0.15) is 9.97 Å². The summed E-state index contributed by atoms with van der Waals surface area (Å²) in [6, 6.07) is 19.5. The van der Waals surface area contributed by atoms with E-state index in [1.807, 2.05) is 60.7 Å². The minimum Gasteiger partial charge on any atom is -0.462 e. The molecule has 0 saturated carbocycles. The Labute approximate surface area is 164 Å². The molecule has 6 heteroatoms. The summed E-state index contributed by atoms with van der Waals surface area (Å²) in [5.74, 6) is 0.772. The number of rotatable bonds is 6. The second kappa shape index (κ2) is 8.61. The lowest BCUT2D eigenvalue weighted by atomic mass is 9.97. The first kappa shape index (κ1) is 19.5. The van der Waals surface area contributed by atoms with E-state index in [9.17, 15) is 4.79 Å². The summed E-state index contributed by atoms with van der Waals surface area (Å²) in [5.41, 5.74) is 1.19. The Morgan fingerprint density at radius 3 is 1.75 bits per heavy atom. The molecule has 0 fully saturated rings. The minimum atomic E-state index is -0.547. The van der Waals surface area contributed by atoms with Gasteiger partial charge in [0.2, 0.25) is 0 Å². The Balaban J connectivity index is 1.79. The van der Waals surface area contributed by atoms with Gasteiger partial charge in [0, 0.05) is 11.1 Å². The van der Waals surface area contributed by atoms with Crippen molar-refractivity contribution in [3.05, 3.63) is 60.7 Å². The van der Waals surface area contributed by atoms with Crippen molar-refractivity contribution in [2.75, 3.05) is 13.2 Å². The van der Waals surface area contributed by atoms with E-state index < -0.39 is 5.41 Å². The lowest BCUT2D eigenvalue weighted by molar-refractivity contribution is -0.153. The third-order valence-corrected chi connectivity index (χ3v) is 3.84. The van der Waals surface area contributed by atoms with Gasteiger partial charge in [-0.1, -0.05) is 60.7 Å². The number of benzene rings is 2. The summed E-state index contributed by atoms with van der Waals surface area (Å²) < 4.78 is 10.9. The van der Waals surface area contributed by atoms with Crippen molar-refractivity contribution in [3.8, 4) is 28.8 Å². The Bertz CT molecular complexity index is 865. The zero-order valence-corrected chi connectivity index (χ0v) is 16.3. The monoisotopic (exact) mass is 377 g/mol. The molecule has 0 aliphatic carbocycles. The Kier molecular flexibility index (Phi) is 5.99. The van der Waals surface area contributed by atoms with Crippen LogP contribution in [0.3, 0.4) is 0 Å². The predicted octanol–water partition coefficient (Wildman–Crippen LogP) is 4.17. The molecule has 1 heterocycles. The van der Waals surface area contributed by atoms with Crippen LogP contribution >= 0.6 is 0 Å². The number of nitrogens with zero attached hydrogens (tertiary/aromatic N) is 3. The molecule has 0 atom stereocenters. The number of esters is 1. The van der Waals surface area contributed by atoms with E-state index in [4.69, 9.17) is 9.47 Å². The van der Waals surface area contributed by atoms with Gasteiger partial charge in [0.15, 0.2) is 11.6 Å². The van der Waals surface area contributed by atoms with Gasteiger partial charge in [-0.15, -0.1) is 0 Å². The summed E-state index contributed by atoms with van der Waals surface area (Å²) in [5, 5.41) is 0. The molecule has 0 amide bonds. The Hall–Kier alpha value is -3.28. The van der Waals surface area contributed by atoms with Crippen LogP contribution in [0.5, 0.6) is 6.01 Å². The molecule has 144 valence electrons. The highest BCUT2D eigenvalue weighted by molar-refractivity contribution is 5.75. The van der Waals surface area contributed by atoms with Crippen LogP contribution in [0.25, 0.3) is 22.8 Å². The van der Waals surface area contributed by atoms with Gasteiger partial charge >= 0.3 is 12.0 Å². The molecule has 2 aromatic carbocycles. The van der Waals surface area contributed by atoms with Gasteiger partial charge in [-0.25, -0.2) is 4.98 Å². The molecule has 0 aliphatic rings. The number of hydrogen-bond acceptors (Lipinski definition) is 6. The topological polar surface area (TPSA) is 74.2 Å². The van der Waals surface area contributed by atoms with E-state index in [0.29, 0.717) is 11.6 Å². The smallest absolute Gasteiger partial charge is 0.320 e. The average Bonchev–Trinajstić information content (AvgIpc) is 2.71. The largest absolute Gasteiger partial charge is 0.462 e. The van der Waals surface area contributed by atoms with E-state index in [0.717, 1.165) is 11.1 Å². The van der Waals surface area contributed by atoms with Crippen molar-refractivity contribution in [2.24, 2.45) is 5.41 Å². The fourth-order valence-electron chi connectivity index (χ4n) is 2.34. The van der Waals surface area contributed by atoms with E-state index in [1.54, 1.807) is 20.8 Å². The molecule has 3 aromatic rings. The maximum Gasteiger partial charge on any atom is 0.320 e. The molecule has 0 bridgehead atoms. The van der Waals surface area contributed by atoms with Crippen LogP contribution in [-0.2, 0) is 9.53 Å². The molecule has 0 N–H and O–H groups in total. The summed E-state index contributed by atoms with van der Waals surface area (Å²) in [6.45, 7) is 5.71. The zero-order valence-electron chi connectivity index (χ0n) is 16.3. The molecule has 0 unspecified atom stereocenters. The molecule has 0 radical (unpaired) electrons. The van der Waals surface area contributed by atoms with Crippen LogP contribution in [0, 0.1) is 5.41 Å². The average molecular weight is 377 g/mol. The molecular weight excluding hydrogens is 354 g/mol. The van der Waals surface area contributed by atoms with Crippen LogP contribution in [0.2, 0.25) is 0 Å². The maximum absolute atomic E-state index is 11.8. The van der Waals surface area contributed by atoms with E-state index in [1.165, 1.54) is 0 Å². The van der Waals surface area contributed by atoms with Crippen molar-refractivity contribution < 1.29 is 14.3 Å². The lowest BCUT2D eigenvalue weighted by Crippen LogP contribution is -2.25. The van der Waals surface area contributed by atoms with E-state index in [2.05, 4.69) is 15.0 Å². The van der Waals surface area contributed by atoms with Crippen LogP contribution < -0.4 is 4.74 Å². The van der Waals surface area contributed by atoms with Crippen LogP contribution in [0.4, 0.5) is 0 Å². The first-order valence-corrected chi connectivity index (χ1v) is 9.10. The quantitative estimate of drug-likeness (QED) is 0.474. The number of aromatic nitrogens is 3. The minimum absolute atomic E-state index is 0.128. The highest BCUT2D eigenvalue weighted by Crippen LogP contribution is 2.22. The Morgan fingerprint density at radius 1 is 0.786 bits per heavy atom. The second-order valence-electron chi connectivity index (χ2n) is 7.23. The Morgan fingerprint density at radius 2 is 1.29 bits per heavy atom. The highest BCUT2D eigenvalue weighted by Gasteiger charge is 2.22. The van der Waals surface area contributed by atoms with Crippen LogP contribution in [-0.4, -0.2) is 34.1 Å². The third-order valence-electron chi connectivity index (χ3n) is 3.84. The van der Waals surface area contributed by atoms with Gasteiger partial charge in [0.05, 0.1) is 5.41 Å². The summed E-state index contributed by atoms with van der Waals surface area (Å²) in [7, 11) is 0. The summed E-state index contributed by atoms with van der Waals surface area (Å²) in [4.78, 5) is 25.2. The lowest BCUT2D eigenvalue weighted by Gasteiger charge is -2.16. The van der Waals surface area contributed by atoms with Crippen molar-refractivity contribution in [3.63, 3.8) is 0 Å². The highest BCUT2D eigenvalue weighted by atomic mass is 16.6. The SMILES string of the molecule is CC(C)(C)C(=O)OCCOc1nc(-c2ccccc2)nc(-c2ccccc2)n1. The fraction of sp³-hybridized carbons (Fsp3) is 0.273. The van der Waals surface area contributed by atoms with Crippen LogP contribution in [0.15, 0.2) is 60.7 Å². The van der Waals surface area contributed by atoms with Gasteiger partial charge in [0.1, 0.15) is 13.2 Å². The molecule has 0 aliphatic heterocycles. The molecule has 3 rings (SSSR count). The molecule has 6 nitrogen and oxygen atoms in total. The third kappa shape index (κ3) is 5.13. The normalized spacial score (nSPS) is 11.1. The van der Waals surface area contributed by atoms with Gasteiger partial charge in [0.25, 0.3) is 0 Å². The summed E-state index contributed by atoms with van der Waals surface area (Å²) >= 11 is 0. The molecular formula is C22H23N3O3. The van der Waals surface area contributed by atoms with Gasteiger partial charge in [-0.3, -0.25) is 4.79 Å². The molecule has 28 heavy (non-hydrogen) atoms. The summed E-state index contributed by atoms with van der Waals surface area (Å²) in [6.07, 6.45) is 0. The van der Waals surface area contributed by atoms with E-state index >= 15 is 0 Å². The zero-order chi connectivity index (χ0) is 20.0. The fourth-order valence-corrected chi connectivity index (χ4v) is 2.34. The van der Waals surface area contributed by atoms with Crippen molar-refractivity contribution in [2.45, 2.75) is 20.8 Å². The predicted molar refractivity (Wildman–Crippen MR) is 107 cm³/mol. The first-order valence-electron chi connectivity index (χ1n) is 9.10. The van der Waals surface area contributed by atoms with Crippen molar-refractivity contribution in [1.29, 1.82) is 0 Å². The number of ether oxygens (including phenoxy) is 2. The van der Waals surface area contributed by atoms with Crippen LogP contribution in [0.1, 0.15) is 20.8 Å². The molecule has 1 aromatic heterocycles. The standard InChI is InChI=1S/C22H23N3O3/c1-22(2,3)20(26)27-14-15-28-21-24-18(16-10-6-4-7-11-16)23-19(25-21)17-12-8-5-9-13-17/h4-13H,14-15H2,1-3H3. The van der Waals surface area contributed by atoms with Gasteiger partial charge < -0.3 is 9.47 Å². The number of hydrogen-bond donors (Lipinski definition) is 0. The van der Waals surface area contributed by atoms with E-state index in [-0.39, 0.29) is 25.2 Å². The van der Waals surface area contributed by atoms with Gasteiger partial charge in [-0.05, 0) is 20.8 Å². The van der Waals surface area contributed by atoms with Crippen molar-refractivity contribution in [1.82, 2.24) is 15.0 Å². The molecule has 0 saturated heterocycles. The molecule has 0 spiro atoms. The number of carbonyl (C=O) groups is 1. The first-order chi connectivity index (χ1) is 13.4. The second-order valence-corrected chi connectivity index (χ2v) is 7.23. The van der Waals surface area contributed by atoms with Crippen molar-refractivity contribution >= 4 is 5.97 Å². The maximum atomic E-state index is 11.8.